The lowest BCUT2D eigenvalue weighted by molar-refractivity contribution is 0.143. The third-order valence-electron chi connectivity index (χ3n) is 4.06. The van der Waals surface area contributed by atoms with E-state index in [2.05, 4.69) is 4.74 Å². The Morgan fingerprint density at radius 3 is 2.70 bits per heavy atom. The molecule has 140 valence electrons. The Morgan fingerprint density at radius 2 is 2.00 bits per heavy atom. The van der Waals surface area contributed by atoms with Crippen molar-refractivity contribution in [2.45, 2.75) is 13.0 Å². The van der Waals surface area contributed by atoms with Crippen LogP contribution in [-0.2, 0) is 13.0 Å². The largest absolute Gasteiger partial charge is 0.511 e. The fourth-order valence-electron chi connectivity index (χ4n) is 2.88. The van der Waals surface area contributed by atoms with E-state index in [0.29, 0.717) is 22.0 Å². The standard InChI is InChI=1S/C19H14Cl2FNO4/c20-14-3-1-2-12(17(14)21)8-11-4-5-15-13(9-11)18(24)16(27-19(25)26)10-23(15)7-6-22/h1-5,9-10H,6-8H2,(H,25,26). The lowest BCUT2D eigenvalue weighted by atomic mass is 10.0. The molecule has 3 rings (SSSR count). The van der Waals surface area contributed by atoms with E-state index >= 15 is 0 Å². The molecule has 0 amide bonds. The maximum Gasteiger partial charge on any atom is 0.511 e. The predicted molar refractivity (Wildman–Crippen MR) is 102 cm³/mol. The Kier molecular flexibility index (Phi) is 5.68. The molecule has 0 aliphatic rings. The monoisotopic (exact) mass is 409 g/mol. The van der Waals surface area contributed by atoms with E-state index in [0.717, 1.165) is 11.1 Å². The van der Waals surface area contributed by atoms with Crippen LogP contribution in [0.15, 0.2) is 47.4 Å². The summed E-state index contributed by atoms with van der Waals surface area (Å²) >= 11 is 12.2. The smallest absolute Gasteiger partial charge is 0.449 e. The Bertz CT molecular complexity index is 1080. The zero-order chi connectivity index (χ0) is 19.6. The summed E-state index contributed by atoms with van der Waals surface area (Å²) in [5, 5.41) is 9.91. The summed E-state index contributed by atoms with van der Waals surface area (Å²) in [6.07, 6.45) is 0.00782. The van der Waals surface area contributed by atoms with Gasteiger partial charge in [-0.1, -0.05) is 41.4 Å². The summed E-state index contributed by atoms with van der Waals surface area (Å²) in [5.74, 6) is -0.374. The van der Waals surface area contributed by atoms with Gasteiger partial charge in [-0.05, 0) is 35.7 Å². The van der Waals surface area contributed by atoms with Gasteiger partial charge in [0.15, 0.2) is 5.75 Å². The van der Waals surface area contributed by atoms with Gasteiger partial charge in [-0.15, -0.1) is 0 Å². The lowest BCUT2D eigenvalue weighted by Gasteiger charge is -2.13. The van der Waals surface area contributed by atoms with E-state index < -0.39 is 18.3 Å². The normalized spacial score (nSPS) is 10.9. The van der Waals surface area contributed by atoms with Crippen LogP contribution in [0.5, 0.6) is 5.75 Å². The number of rotatable bonds is 5. The van der Waals surface area contributed by atoms with Crippen molar-refractivity contribution in [2.24, 2.45) is 0 Å². The van der Waals surface area contributed by atoms with Gasteiger partial charge in [0.2, 0.25) is 5.43 Å². The third-order valence-corrected chi connectivity index (χ3v) is 4.92. The zero-order valence-electron chi connectivity index (χ0n) is 13.9. The highest BCUT2D eigenvalue weighted by Crippen LogP contribution is 2.28. The maximum absolute atomic E-state index is 12.9. The van der Waals surface area contributed by atoms with E-state index in [4.69, 9.17) is 28.3 Å². The number of aryl methyl sites for hydroxylation is 1. The van der Waals surface area contributed by atoms with Gasteiger partial charge in [0.1, 0.15) is 6.67 Å². The summed E-state index contributed by atoms with van der Waals surface area (Å²) in [7, 11) is 0. The van der Waals surface area contributed by atoms with E-state index in [1.807, 2.05) is 6.07 Å². The minimum absolute atomic E-state index is 0.0355. The first-order valence-electron chi connectivity index (χ1n) is 7.96. The van der Waals surface area contributed by atoms with E-state index in [-0.39, 0.29) is 17.7 Å². The van der Waals surface area contributed by atoms with Crippen molar-refractivity contribution in [1.82, 2.24) is 4.57 Å². The molecule has 8 heteroatoms. The molecule has 0 aliphatic heterocycles. The van der Waals surface area contributed by atoms with E-state index in [1.54, 1.807) is 30.3 Å². The first kappa shape index (κ1) is 19.2. The highest BCUT2D eigenvalue weighted by Gasteiger charge is 2.14. The number of carboxylic acid groups (broad SMARTS) is 1. The lowest BCUT2D eigenvalue weighted by Crippen LogP contribution is -2.17. The molecule has 0 spiro atoms. The Hall–Kier alpha value is -2.57. The Labute approximate surface area is 163 Å². The van der Waals surface area contributed by atoms with Gasteiger partial charge in [-0.2, -0.15) is 0 Å². The molecular formula is C19H14Cl2FNO4. The molecule has 1 heterocycles. The van der Waals surface area contributed by atoms with E-state index in [1.165, 1.54) is 10.8 Å². The molecule has 0 saturated carbocycles. The van der Waals surface area contributed by atoms with Crippen LogP contribution in [-0.4, -0.2) is 22.5 Å². The zero-order valence-corrected chi connectivity index (χ0v) is 15.4. The second-order valence-electron chi connectivity index (χ2n) is 5.81. The molecule has 0 fully saturated rings. The SMILES string of the molecule is O=C(O)Oc1cn(CCF)c2ccc(Cc3cccc(Cl)c3Cl)cc2c1=O. The Morgan fingerprint density at radius 1 is 1.22 bits per heavy atom. The number of hydrogen-bond donors (Lipinski definition) is 1. The minimum Gasteiger partial charge on any atom is -0.449 e. The van der Waals surface area contributed by atoms with Crippen molar-refractivity contribution in [3.8, 4) is 5.75 Å². The highest BCUT2D eigenvalue weighted by atomic mass is 35.5. The van der Waals surface area contributed by atoms with Crippen molar-refractivity contribution in [2.75, 3.05) is 6.67 Å². The summed E-state index contributed by atoms with van der Waals surface area (Å²) in [6.45, 7) is -0.712. The van der Waals surface area contributed by atoms with Crippen LogP contribution in [0.4, 0.5) is 9.18 Å². The highest BCUT2D eigenvalue weighted by molar-refractivity contribution is 6.42. The van der Waals surface area contributed by atoms with Crippen LogP contribution in [0.25, 0.3) is 10.9 Å². The third kappa shape index (κ3) is 4.07. The van der Waals surface area contributed by atoms with E-state index in [9.17, 15) is 14.0 Å². The number of hydrogen-bond acceptors (Lipinski definition) is 3. The molecule has 0 atom stereocenters. The molecule has 0 bridgehead atoms. The predicted octanol–water partition coefficient (Wildman–Crippen LogP) is 4.93. The molecule has 0 saturated heterocycles. The topological polar surface area (TPSA) is 68.5 Å². The minimum atomic E-state index is -1.61. The summed E-state index contributed by atoms with van der Waals surface area (Å²) < 4.78 is 18.9. The molecule has 0 aliphatic carbocycles. The number of halogens is 3. The van der Waals surface area contributed by atoms with Crippen LogP contribution in [0.3, 0.4) is 0 Å². The van der Waals surface area contributed by atoms with Crippen LogP contribution in [0, 0.1) is 0 Å². The Balaban J connectivity index is 2.12. The van der Waals surface area contributed by atoms with Crippen molar-refractivity contribution in [3.63, 3.8) is 0 Å². The van der Waals surface area contributed by atoms with Gasteiger partial charge < -0.3 is 14.4 Å². The van der Waals surface area contributed by atoms with Gasteiger partial charge in [0.25, 0.3) is 0 Å². The van der Waals surface area contributed by atoms with Gasteiger partial charge in [0.05, 0.1) is 28.3 Å². The molecule has 1 aromatic heterocycles. The second-order valence-corrected chi connectivity index (χ2v) is 6.60. The molecule has 0 unspecified atom stereocenters. The molecule has 5 nitrogen and oxygen atoms in total. The molecule has 0 radical (unpaired) electrons. The fourth-order valence-corrected chi connectivity index (χ4v) is 3.26. The molecule has 27 heavy (non-hydrogen) atoms. The fraction of sp³-hybridized carbons (Fsp3) is 0.158. The van der Waals surface area contributed by atoms with Crippen molar-refractivity contribution in [3.05, 3.63) is 74.0 Å². The number of nitrogens with zero attached hydrogens (tertiary/aromatic N) is 1. The number of aromatic nitrogens is 1. The van der Waals surface area contributed by atoms with Crippen LogP contribution in [0.2, 0.25) is 10.0 Å². The molecule has 2 aromatic carbocycles. The number of fused-ring (bicyclic) bond motifs is 1. The van der Waals surface area contributed by atoms with Gasteiger partial charge in [-0.25, -0.2) is 9.18 Å². The number of ether oxygens (including phenoxy) is 1. The van der Waals surface area contributed by atoms with Crippen LogP contribution < -0.4 is 10.2 Å². The average Bonchev–Trinajstić information content (AvgIpc) is 2.63. The second kappa shape index (κ2) is 7.98. The summed E-state index contributed by atoms with van der Waals surface area (Å²) in [5.41, 5.74) is 1.45. The van der Waals surface area contributed by atoms with Gasteiger partial charge >= 0.3 is 6.16 Å². The number of benzene rings is 2. The number of pyridine rings is 1. The first-order chi connectivity index (χ1) is 12.9. The molecular weight excluding hydrogens is 396 g/mol. The van der Waals surface area contributed by atoms with Crippen molar-refractivity contribution in [1.29, 1.82) is 0 Å². The van der Waals surface area contributed by atoms with Crippen LogP contribution in [0.1, 0.15) is 11.1 Å². The summed E-state index contributed by atoms with van der Waals surface area (Å²) in [4.78, 5) is 23.4. The maximum atomic E-state index is 12.9. The average molecular weight is 410 g/mol. The quantitative estimate of drug-likeness (QED) is 0.606. The van der Waals surface area contributed by atoms with Crippen LogP contribution >= 0.6 is 23.2 Å². The van der Waals surface area contributed by atoms with Crippen molar-refractivity contribution >= 4 is 40.3 Å². The first-order valence-corrected chi connectivity index (χ1v) is 8.72. The van der Waals surface area contributed by atoms with Gasteiger partial charge in [-0.3, -0.25) is 4.79 Å². The molecule has 3 aromatic rings. The summed E-state index contributed by atoms with van der Waals surface area (Å²) in [6, 6.07) is 10.4. The van der Waals surface area contributed by atoms with Gasteiger partial charge in [0, 0.05) is 5.39 Å². The number of carbonyl (C=O) groups is 1. The van der Waals surface area contributed by atoms with Crippen molar-refractivity contribution < 1.29 is 19.0 Å². The molecule has 1 N–H and O–H groups in total. The number of alkyl halides is 1.